The summed E-state index contributed by atoms with van der Waals surface area (Å²) in [6, 6.07) is 4.96. The molecule has 2 aromatic rings. The molecule has 1 unspecified atom stereocenters. The number of hydroxylamine groups is 1. The fourth-order valence-electron chi connectivity index (χ4n) is 3.50. The minimum absolute atomic E-state index is 0.192. The average molecular weight is 571 g/mol. The summed E-state index contributed by atoms with van der Waals surface area (Å²) >= 11 is 0.790. The maximum atomic E-state index is 13.4. The van der Waals surface area contributed by atoms with Crippen molar-refractivity contribution in [3.63, 3.8) is 0 Å². The van der Waals surface area contributed by atoms with E-state index >= 15 is 0 Å². The molecule has 10 nitrogen and oxygen atoms in total. The van der Waals surface area contributed by atoms with Gasteiger partial charge in [-0.25, -0.2) is 13.9 Å². The van der Waals surface area contributed by atoms with E-state index in [2.05, 4.69) is 4.72 Å². The van der Waals surface area contributed by atoms with Gasteiger partial charge in [-0.05, 0) is 43.2 Å². The second-order valence-electron chi connectivity index (χ2n) is 8.09. The molecule has 0 bridgehead atoms. The van der Waals surface area contributed by atoms with Crippen LogP contribution in [0.15, 0.2) is 40.6 Å². The lowest BCUT2D eigenvalue weighted by atomic mass is 10.1. The van der Waals surface area contributed by atoms with Gasteiger partial charge in [-0.2, -0.15) is 34.9 Å². The van der Waals surface area contributed by atoms with Crippen molar-refractivity contribution in [2.75, 3.05) is 19.6 Å². The summed E-state index contributed by atoms with van der Waals surface area (Å²) in [5.41, 5.74) is 0.909. The van der Waals surface area contributed by atoms with Gasteiger partial charge in [0.1, 0.15) is 10.3 Å². The maximum Gasteiger partial charge on any atom is 0.416 e. The number of thiophene rings is 1. The number of sulfonamides is 1. The molecule has 2 atom stereocenters. The summed E-state index contributed by atoms with van der Waals surface area (Å²) in [6.07, 6.45) is -4.00. The van der Waals surface area contributed by atoms with Crippen LogP contribution in [0, 0.1) is 0 Å². The minimum Gasteiger partial charge on any atom is -0.289 e. The zero-order chi connectivity index (χ0) is 26.9. The molecule has 1 aliphatic rings. The van der Waals surface area contributed by atoms with Crippen molar-refractivity contribution >= 4 is 37.5 Å². The van der Waals surface area contributed by atoms with Crippen LogP contribution in [0.4, 0.5) is 13.2 Å². The Labute approximate surface area is 210 Å². The lowest BCUT2D eigenvalue weighted by Crippen LogP contribution is -2.62. The third-order valence-electron chi connectivity index (χ3n) is 5.65. The lowest BCUT2D eigenvalue weighted by Gasteiger charge is -2.38. The second-order valence-corrected chi connectivity index (χ2v) is 13.0. The van der Waals surface area contributed by atoms with Crippen molar-refractivity contribution in [3.05, 3.63) is 42.0 Å². The molecule has 1 saturated heterocycles. The topological polar surface area (TPSA) is 136 Å². The zero-order valence-corrected chi connectivity index (χ0v) is 21.6. The molecule has 16 heteroatoms. The van der Waals surface area contributed by atoms with Gasteiger partial charge in [-0.3, -0.25) is 10.0 Å². The largest absolute Gasteiger partial charge is 0.416 e. The Morgan fingerprint density at radius 2 is 1.78 bits per heavy atom. The zero-order valence-electron chi connectivity index (χ0n) is 19.2. The molecule has 0 radical (unpaired) electrons. The molecule has 3 N–H and O–H groups in total. The van der Waals surface area contributed by atoms with Crippen LogP contribution >= 0.6 is 11.3 Å². The summed E-state index contributed by atoms with van der Waals surface area (Å²) in [5.74, 6) is -1.11. The van der Waals surface area contributed by atoms with Gasteiger partial charge < -0.3 is 0 Å². The predicted molar refractivity (Wildman–Crippen MR) is 126 cm³/mol. The molecule has 3 rings (SSSR count). The Morgan fingerprint density at radius 1 is 1.14 bits per heavy atom. The third-order valence-corrected chi connectivity index (χ3v) is 10.9. The summed E-state index contributed by atoms with van der Waals surface area (Å²) in [7, 11) is -8.35. The second kappa shape index (κ2) is 10.7. The van der Waals surface area contributed by atoms with E-state index in [0.29, 0.717) is 16.9 Å². The summed E-state index contributed by atoms with van der Waals surface area (Å²) in [6.45, 7) is 2.29. The molecule has 1 aromatic heterocycles. The number of hydrogen-bond acceptors (Lipinski definition) is 7. The number of alkyl halides is 3. The monoisotopic (exact) mass is 570 g/mol. The number of halogens is 3. The van der Waals surface area contributed by atoms with Gasteiger partial charge in [0.05, 0.1) is 5.56 Å². The number of nitrogens with zero attached hydrogens (tertiary/aromatic N) is 2. The van der Waals surface area contributed by atoms with Gasteiger partial charge >= 0.3 is 6.18 Å². The lowest BCUT2D eigenvalue weighted by molar-refractivity contribution is -0.137. The SMILES string of the molecule is CCC(C)NS(=O)(=O)N1CCN(S(=O)(=O)c2ccc(-c3ccc(C(F)(F)F)cc3)s2)[C@@H](C(=O)NO)C1. The third kappa shape index (κ3) is 6.07. The van der Waals surface area contributed by atoms with Gasteiger partial charge in [-0.1, -0.05) is 19.1 Å². The van der Waals surface area contributed by atoms with Gasteiger partial charge in [0.25, 0.3) is 26.1 Å². The first-order valence-corrected chi connectivity index (χ1v) is 14.4. The highest BCUT2D eigenvalue weighted by Crippen LogP contribution is 2.36. The predicted octanol–water partition coefficient (Wildman–Crippen LogP) is 2.25. The van der Waals surface area contributed by atoms with E-state index in [-0.39, 0.29) is 17.3 Å². The molecular weight excluding hydrogens is 545 g/mol. The number of hydrogen-bond donors (Lipinski definition) is 3. The molecule has 0 saturated carbocycles. The number of amides is 1. The molecule has 1 fully saturated rings. The van der Waals surface area contributed by atoms with Crippen LogP contribution in [0.5, 0.6) is 0 Å². The smallest absolute Gasteiger partial charge is 0.289 e. The van der Waals surface area contributed by atoms with E-state index in [1.54, 1.807) is 13.8 Å². The number of nitrogens with one attached hydrogen (secondary N) is 2. The van der Waals surface area contributed by atoms with Gasteiger partial charge in [0, 0.05) is 30.6 Å². The van der Waals surface area contributed by atoms with Gasteiger partial charge in [0.2, 0.25) is 0 Å². The molecule has 0 spiro atoms. The summed E-state index contributed by atoms with van der Waals surface area (Å²) in [4.78, 5) is 12.7. The highest BCUT2D eigenvalue weighted by molar-refractivity contribution is 7.91. The van der Waals surface area contributed by atoms with E-state index in [1.807, 2.05) is 0 Å². The van der Waals surface area contributed by atoms with Crippen molar-refractivity contribution in [1.29, 1.82) is 0 Å². The average Bonchev–Trinajstić information content (AvgIpc) is 3.33. The molecule has 200 valence electrons. The standard InChI is InChI=1S/C20H25F3N4O6S3/c1-3-13(2)25-36(32,33)26-10-11-27(16(12-26)19(28)24-29)35(30,31)18-9-8-17(34-18)14-4-6-15(7-5-14)20(21,22)23/h4-9,13,16,25,29H,3,10-12H2,1-2H3,(H,24,28)/t13?,16-/m1/s1. The number of benzene rings is 1. The van der Waals surface area contributed by atoms with Gasteiger partial charge in [0.15, 0.2) is 0 Å². The Morgan fingerprint density at radius 3 is 2.33 bits per heavy atom. The minimum atomic E-state index is -4.51. The first kappa shape index (κ1) is 28.5. The van der Waals surface area contributed by atoms with E-state index in [0.717, 1.165) is 32.1 Å². The molecule has 36 heavy (non-hydrogen) atoms. The van der Waals surface area contributed by atoms with Crippen molar-refractivity contribution in [3.8, 4) is 10.4 Å². The fourth-order valence-corrected chi connectivity index (χ4v) is 8.00. The van der Waals surface area contributed by atoms with E-state index in [9.17, 15) is 34.8 Å². The van der Waals surface area contributed by atoms with Gasteiger partial charge in [-0.15, -0.1) is 11.3 Å². The molecule has 1 amide bonds. The Hall–Kier alpha value is -2.08. The van der Waals surface area contributed by atoms with E-state index in [4.69, 9.17) is 5.21 Å². The summed E-state index contributed by atoms with van der Waals surface area (Å²) in [5, 5.41) is 9.16. The molecule has 2 heterocycles. The fraction of sp³-hybridized carbons (Fsp3) is 0.450. The van der Waals surface area contributed by atoms with Crippen LogP contribution < -0.4 is 10.2 Å². The first-order chi connectivity index (χ1) is 16.7. The summed E-state index contributed by atoms with van der Waals surface area (Å²) < 4.78 is 94.5. The first-order valence-electron chi connectivity index (χ1n) is 10.7. The van der Waals surface area contributed by atoms with Crippen molar-refractivity contribution in [2.24, 2.45) is 0 Å². The number of piperazine rings is 1. The van der Waals surface area contributed by atoms with Crippen LogP contribution in [-0.2, 0) is 31.2 Å². The van der Waals surface area contributed by atoms with Crippen LogP contribution in [0.25, 0.3) is 10.4 Å². The van der Waals surface area contributed by atoms with Crippen LogP contribution in [-0.4, -0.2) is 68.3 Å². The van der Waals surface area contributed by atoms with E-state index in [1.165, 1.54) is 29.7 Å². The number of rotatable bonds is 8. The highest BCUT2D eigenvalue weighted by Gasteiger charge is 2.43. The Balaban J connectivity index is 1.87. The normalized spacial score (nSPS) is 19.2. The van der Waals surface area contributed by atoms with Crippen LogP contribution in [0.1, 0.15) is 25.8 Å². The van der Waals surface area contributed by atoms with Crippen molar-refractivity contribution in [1.82, 2.24) is 18.8 Å². The number of carbonyl (C=O) groups is 1. The Bertz CT molecular complexity index is 1300. The van der Waals surface area contributed by atoms with Crippen molar-refractivity contribution < 1.29 is 40.0 Å². The molecule has 1 aromatic carbocycles. The maximum absolute atomic E-state index is 13.4. The van der Waals surface area contributed by atoms with E-state index < -0.39 is 56.5 Å². The highest BCUT2D eigenvalue weighted by atomic mass is 32.2. The van der Waals surface area contributed by atoms with Crippen molar-refractivity contribution in [2.45, 2.75) is 42.7 Å². The van der Waals surface area contributed by atoms with Crippen LogP contribution in [0.2, 0.25) is 0 Å². The number of carbonyl (C=O) groups excluding carboxylic acids is 1. The molecule has 0 aliphatic carbocycles. The van der Waals surface area contributed by atoms with Crippen LogP contribution in [0.3, 0.4) is 0 Å². The Kier molecular flexibility index (Phi) is 8.49. The molecule has 1 aliphatic heterocycles. The quantitative estimate of drug-likeness (QED) is 0.329. The molecular formula is C20H25F3N4O6S3.